The molecule has 0 radical (unpaired) electrons. The lowest BCUT2D eigenvalue weighted by atomic mass is 10.2. The summed E-state index contributed by atoms with van der Waals surface area (Å²) < 4.78 is 6.45. The minimum atomic E-state index is -0.658. The van der Waals surface area contributed by atoms with E-state index in [4.69, 9.17) is 10.5 Å². The van der Waals surface area contributed by atoms with Crippen LogP contribution in [0.2, 0.25) is 0 Å². The van der Waals surface area contributed by atoms with Gasteiger partial charge < -0.3 is 15.4 Å². The molecule has 2 aromatic rings. The van der Waals surface area contributed by atoms with E-state index in [1.54, 1.807) is 7.11 Å². The number of aromatic amines is 1. The first kappa shape index (κ1) is 24.7. The van der Waals surface area contributed by atoms with Crippen molar-refractivity contribution in [1.29, 1.82) is 0 Å². The van der Waals surface area contributed by atoms with Crippen LogP contribution in [0.3, 0.4) is 0 Å². The van der Waals surface area contributed by atoms with Crippen LogP contribution >= 0.6 is 0 Å². The van der Waals surface area contributed by atoms with Gasteiger partial charge in [0.05, 0.1) is 13.1 Å². The lowest BCUT2D eigenvalue weighted by Crippen LogP contribution is -2.47. The van der Waals surface area contributed by atoms with Crippen molar-refractivity contribution in [2.24, 2.45) is 5.92 Å². The fourth-order valence-electron chi connectivity index (χ4n) is 4.00. The Morgan fingerprint density at radius 3 is 2.55 bits per heavy atom. The third kappa shape index (κ3) is 6.55. The van der Waals surface area contributed by atoms with Gasteiger partial charge in [-0.15, -0.1) is 0 Å². The van der Waals surface area contributed by atoms with Gasteiger partial charge in [-0.1, -0.05) is 44.2 Å². The zero-order valence-corrected chi connectivity index (χ0v) is 19.8. The monoisotopic (exact) mass is 457 g/mol. The Labute approximate surface area is 194 Å². The van der Waals surface area contributed by atoms with Crippen molar-refractivity contribution in [2.45, 2.75) is 45.7 Å². The number of benzene rings is 1. The van der Waals surface area contributed by atoms with Crippen LogP contribution in [-0.4, -0.2) is 59.8 Å². The highest BCUT2D eigenvalue weighted by atomic mass is 16.5. The van der Waals surface area contributed by atoms with Gasteiger partial charge in [0.25, 0.3) is 5.56 Å². The van der Waals surface area contributed by atoms with E-state index in [0.717, 1.165) is 24.9 Å². The van der Waals surface area contributed by atoms with Crippen molar-refractivity contribution >= 4 is 17.4 Å². The molecule has 0 atom stereocenters. The predicted octanol–water partition coefficient (Wildman–Crippen LogP) is 1.66. The number of amides is 1. The van der Waals surface area contributed by atoms with Gasteiger partial charge in [-0.05, 0) is 30.7 Å². The minimum Gasteiger partial charge on any atom is -0.385 e. The molecular formula is C24H35N5O4. The fraction of sp³-hybridized carbons (Fsp3) is 0.542. The second kappa shape index (κ2) is 11.3. The standard InChI is InChI=1S/C24H35N5O4/c1-17(2)14-27(19-10-11-19)16-20(30)28(12-7-13-33-3)21-22(25)29(24(32)26-23(21)31)15-18-8-5-4-6-9-18/h4-6,8-9,17,19H,7,10-16,25H2,1-3H3,(H,26,31,32). The molecule has 180 valence electrons. The first-order chi connectivity index (χ1) is 15.8. The molecule has 9 heteroatoms. The molecule has 3 rings (SSSR count). The highest BCUT2D eigenvalue weighted by Gasteiger charge is 2.33. The second-order valence-electron chi connectivity index (χ2n) is 9.01. The molecule has 3 N–H and O–H groups in total. The predicted molar refractivity (Wildman–Crippen MR) is 130 cm³/mol. The van der Waals surface area contributed by atoms with Crippen LogP contribution in [0, 0.1) is 5.92 Å². The molecule has 1 amide bonds. The number of methoxy groups -OCH3 is 1. The van der Waals surface area contributed by atoms with E-state index in [-0.39, 0.29) is 37.0 Å². The summed E-state index contributed by atoms with van der Waals surface area (Å²) in [6.45, 7) is 6.15. The summed E-state index contributed by atoms with van der Waals surface area (Å²) in [4.78, 5) is 44.8. The summed E-state index contributed by atoms with van der Waals surface area (Å²) in [5.41, 5.74) is 5.98. The van der Waals surface area contributed by atoms with E-state index in [1.807, 2.05) is 30.3 Å². The summed E-state index contributed by atoms with van der Waals surface area (Å²) in [7, 11) is 1.59. The first-order valence-corrected chi connectivity index (χ1v) is 11.5. The van der Waals surface area contributed by atoms with Crippen LogP contribution in [0.1, 0.15) is 38.7 Å². The molecule has 1 aromatic carbocycles. The maximum Gasteiger partial charge on any atom is 0.330 e. The van der Waals surface area contributed by atoms with E-state index in [1.165, 1.54) is 9.47 Å². The third-order valence-corrected chi connectivity index (χ3v) is 5.70. The number of carbonyl (C=O) groups is 1. The number of nitrogens with two attached hydrogens (primary N) is 1. The van der Waals surface area contributed by atoms with Gasteiger partial charge >= 0.3 is 5.69 Å². The number of hydrogen-bond acceptors (Lipinski definition) is 6. The third-order valence-electron chi connectivity index (χ3n) is 5.70. The number of aromatic nitrogens is 2. The number of carbonyl (C=O) groups excluding carboxylic acids is 1. The number of nitrogens with one attached hydrogen (secondary N) is 1. The van der Waals surface area contributed by atoms with Crippen LogP contribution in [0.4, 0.5) is 11.5 Å². The van der Waals surface area contributed by atoms with Crippen molar-refractivity contribution in [2.75, 3.05) is 44.0 Å². The van der Waals surface area contributed by atoms with Gasteiger partial charge in [0.2, 0.25) is 5.91 Å². The van der Waals surface area contributed by atoms with Gasteiger partial charge in [-0.25, -0.2) is 4.79 Å². The zero-order chi connectivity index (χ0) is 24.0. The summed E-state index contributed by atoms with van der Waals surface area (Å²) in [5.74, 6) is 0.197. The number of nitrogen functional groups attached to an aromatic ring is 1. The van der Waals surface area contributed by atoms with Gasteiger partial charge in [0, 0.05) is 32.8 Å². The van der Waals surface area contributed by atoms with Crippen LogP contribution in [-0.2, 0) is 16.1 Å². The topological polar surface area (TPSA) is 114 Å². The number of anilines is 2. The van der Waals surface area contributed by atoms with Crippen LogP contribution in [0.25, 0.3) is 0 Å². The maximum absolute atomic E-state index is 13.5. The quantitative estimate of drug-likeness (QED) is 0.469. The number of H-pyrrole nitrogens is 1. The zero-order valence-electron chi connectivity index (χ0n) is 19.8. The number of ether oxygens (including phenoxy) is 1. The molecule has 1 aliphatic carbocycles. The molecule has 1 heterocycles. The largest absolute Gasteiger partial charge is 0.385 e. The van der Waals surface area contributed by atoms with E-state index >= 15 is 0 Å². The van der Waals surface area contributed by atoms with E-state index in [9.17, 15) is 14.4 Å². The van der Waals surface area contributed by atoms with Crippen LogP contribution in [0.5, 0.6) is 0 Å². The maximum atomic E-state index is 13.5. The minimum absolute atomic E-state index is 0.0137. The Morgan fingerprint density at radius 2 is 1.94 bits per heavy atom. The van der Waals surface area contributed by atoms with Crippen LogP contribution < -0.4 is 21.9 Å². The van der Waals surface area contributed by atoms with Gasteiger partial charge in [0.1, 0.15) is 5.82 Å². The normalized spacial score (nSPS) is 13.6. The van der Waals surface area contributed by atoms with E-state index in [0.29, 0.717) is 25.0 Å². The Balaban J connectivity index is 1.95. The van der Waals surface area contributed by atoms with Gasteiger partial charge in [-0.3, -0.25) is 24.0 Å². The summed E-state index contributed by atoms with van der Waals surface area (Å²) in [5, 5.41) is 0. The molecule has 0 unspecified atom stereocenters. The molecule has 1 fully saturated rings. The smallest absolute Gasteiger partial charge is 0.330 e. The highest BCUT2D eigenvalue weighted by molar-refractivity contribution is 5.96. The first-order valence-electron chi connectivity index (χ1n) is 11.5. The van der Waals surface area contributed by atoms with E-state index < -0.39 is 11.2 Å². The molecule has 0 aliphatic heterocycles. The molecule has 1 aliphatic rings. The molecular weight excluding hydrogens is 422 g/mol. The Hall–Kier alpha value is -2.91. The average molecular weight is 458 g/mol. The van der Waals surface area contributed by atoms with Gasteiger partial charge in [0.15, 0.2) is 5.69 Å². The van der Waals surface area contributed by atoms with Crippen molar-refractivity contribution < 1.29 is 9.53 Å². The number of rotatable bonds is 12. The second-order valence-corrected chi connectivity index (χ2v) is 9.01. The van der Waals surface area contributed by atoms with Crippen molar-refractivity contribution in [3.8, 4) is 0 Å². The molecule has 1 saturated carbocycles. The number of hydrogen-bond donors (Lipinski definition) is 2. The molecule has 1 aromatic heterocycles. The van der Waals surface area contributed by atoms with Gasteiger partial charge in [-0.2, -0.15) is 0 Å². The lowest BCUT2D eigenvalue weighted by Gasteiger charge is -2.29. The van der Waals surface area contributed by atoms with Crippen molar-refractivity contribution in [1.82, 2.24) is 14.5 Å². The molecule has 0 spiro atoms. The fourth-order valence-corrected chi connectivity index (χ4v) is 4.00. The summed E-state index contributed by atoms with van der Waals surface area (Å²) in [6.07, 6.45) is 2.69. The Morgan fingerprint density at radius 1 is 1.24 bits per heavy atom. The molecule has 0 saturated heterocycles. The SMILES string of the molecule is COCCCN(C(=O)CN(CC(C)C)C1CC1)c1c(N)n(Cc2ccccc2)c(=O)[nH]c1=O. The van der Waals surface area contributed by atoms with Crippen molar-refractivity contribution in [3.05, 3.63) is 56.7 Å². The van der Waals surface area contributed by atoms with E-state index in [2.05, 4.69) is 23.7 Å². The molecule has 9 nitrogen and oxygen atoms in total. The summed E-state index contributed by atoms with van der Waals surface area (Å²) >= 11 is 0. The Kier molecular flexibility index (Phi) is 8.46. The summed E-state index contributed by atoms with van der Waals surface area (Å²) in [6, 6.07) is 9.76. The highest BCUT2D eigenvalue weighted by Crippen LogP contribution is 2.28. The average Bonchev–Trinajstić information content (AvgIpc) is 3.61. The number of nitrogens with zero attached hydrogens (tertiary/aromatic N) is 3. The molecule has 0 bridgehead atoms. The lowest BCUT2D eigenvalue weighted by molar-refractivity contribution is -0.120. The van der Waals surface area contributed by atoms with Crippen molar-refractivity contribution in [3.63, 3.8) is 0 Å². The molecule has 33 heavy (non-hydrogen) atoms. The Bertz CT molecular complexity index is 1040. The van der Waals surface area contributed by atoms with Crippen LogP contribution in [0.15, 0.2) is 39.9 Å².